The molecule has 6 nitrogen and oxygen atoms in total. The molecule has 0 unspecified atom stereocenters. The quantitative estimate of drug-likeness (QED) is 0.784. The Morgan fingerprint density at radius 3 is 2.63 bits per heavy atom. The summed E-state index contributed by atoms with van der Waals surface area (Å²) in [4.78, 5) is 0. The van der Waals surface area contributed by atoms with E-state index >= 15 is 0 Å². The van der Waals surface area contributed by atoms with Crippen molar-refractivity contribution >= 4 is 15.9 Å². The fourth-order valence-corrected chi connectivity index (χ4v) is 2.54. The Bertz CT molecular complexity index is 516. The third kappa shape index (κ3) is 4.38. The van der Waals surface area contributed by atoms with Gasteiger partial charge in [-0.05, 0) is 37.1 Å². The molecule has 1 aromatic carbocycles. The molecular weight excluding hydrogens is 268 g/mol. The maximum atomic E-state index is 12.0. The average molecular weight is 288 g/mol. The minimum absolute atomic E-state index is 0.0403. The van der Waals surface area contributed by atoms with Crippen LogP contribution in [0.4, 0.5) is 5.69 Å². The summed E-state index contributed by atoms with van der Waals surface area (Å²) in [6.07, 6.45) is 0.402. The van der Waals surface area contributed by atoms with Gasteiger partial charge in [-0.25, -0.2) is 0 Å². The largest absolute Gasteiger partial charge is 0.497 e. The Balaban J connectivity index is 2.83. The molecule has 108 valence electrons. The first-order chi connectivity index (χ1) is 8.90. The number of ether oxygens (including phenoxy) is 1. The van der Waals surface area contributed by atoms with E-state index in [-0.39, 0.29) is 13.2 Å². The van der Waals surface area contributed by atoms with Crippen LogP contribution in [0.1, 0.15) is 12.0 Å². The fraction of sp³-hybridized carbons (Fsp3) is 0.500. The van der Waals surface area contributed by atoms with Gasteiger partial charge in [0.05, 0.1) is 12.8 Å². The highest BCUT2D eigenvalue weighted by atomic mass is 32.2. The lowest BCUT2D eigenvalue weighted by Gasteiger charge is -2.19. The van der Waals surface area contributed by atoms with Gasteiger partial charge in [-0.1, -0.05) is 0 Å². The van der Waals surface area contributed by atoms with Crippen LogP contribution in [0.5, 0.6) is 5.75 Å². The predicted molar refractivity (Wildman–Crippen MR) is 74.6 cm³/mol. The fourth-order valence-electron chi connectivity index (χ4n) is 1.51. The molecule has 0 amide bonds. The van der Waals surface area contributed by atoms with Gasteiger partial charge in [0, 0.05) is 20.2 Å². The molecule has 0 aliphatic heterocycles. The SMILES string of the molecule is COc1ccc(NS(=O)(=O)N(C)CCCO)c(C)c1. The van der Waals surface area contributed by atoms with E-state index in [1.165, 1.54) is 11.4 Å². The minimum atomic E-state index is -3.60. The second-order valence-electron chi connectivity index (χ2n) is 4.19. The first kappa shape index (κ1) is 15.7. The van der Waals surface area contributed by atoms with E-state index in [9.17, 15) is 8.42 Å². The zero-order valence-electron chi connectivity index (χ0n) is 11.4. The maximum absolute atomic E-state index is 12.0. The third-order valence-electron chi connectivity index (χ3n) is 2.71. The van der Waals surface area contributed by atoms with Gasteiger partial charge < -0.3 is 9.84 Å². The molecule has 0 aromatic heterocycles. The van der Waals surface area contributed by atoms with Crippen molar-refractivity contribution in [3.8, 4) is 5.75 Å². The molecular formula is C12H20N2O4S. The summed E-state index contributed by atoms with van der Waals surface area (Å²) >= 11 is 0. The number of methoxy groups -OCH3 is 1. The van der Waals surface area contributed by atoms with Gasteiger partial charge in [0.1, 0.15) is 5.75 Å². The zero-order valence-corrected chi connectivity index (χ0v) is 12.2. The minimum Gasteiger partial charge on any atom is -0.497 e. The monoisotopic (exact) mass is 288 g/mol. The Morgan fingerprint density at radius 2 is 2.11 bits per heavy atom. The van der Waals surface area contributed by atoms with Gasteiger partial charge in [0.15, 0.2) is 0 Å². The average Bonchev–Trinajstić information content (AvgIpc) is 2.38. The normalized spacial score (nSPS) is 11.6. The van der Waals surface area contributed by atoms with E-state index < -0.39 is 10.2 Å². The first-order valence-corrected chi connectivity index (χ1v) is 7.34. The number of nitrogens with one attached hydrogen (secondary N) is 1. The molecule has 0 aliphatic carbocycles. The van der Waals surface area contributed by atoms with Gasteiger partial charge in [-0.15, -0.1) is 0 Å². The summed E-state index contributed by atoms with van der Waals surface area (Å²) in [6, 6.07) is 5.11. The molecule has 0 aliphatic rings. The Hall–Kier alpha value is -1.31. The van der Waals surface area contributed by atoms with Crippen molar-refractivity contribution in [1.82, 2.24) is 4.31 Å². The van der Waals surface area contributed by atoms with Crippen LogP contribution >= 0.6 is 0 Å². The topological polar surface area (TPSA) is 78.9 Å². The highest BCUT2D eigenvalue weighted by Crippen LogP contribution is 2.22. The Morgan fingerprint density at radius 1 is 1.42 bits per heavy atom. The van der Waals surface area contributed by atoms with E-state index in [1.54, 1.807) is 32.2 Å². The number of rotatable bonds is 7. The summed E-state index contributed by atoms with van der Waals surface area (Å²) < 4.78 is 32.8. The first-order valence-electron chi connectivity index (χ1n) is 5.90. The lowest BCUT2D eigenvalue weighted by molar-refractivity contribution is 0.276. The molecule has 19 heavy (non-hydrogen) atoms. The van der Waals surface area contributed by atoms with Crippen molar-refractivity contribution in [3.63, 3.8) is 0 Å². The van der Waals surface area contributed by atoms with Crippen LogP contribution in [0.3, 0.4) is 0 Å². The van der Waals surface area contributed by atoms with Crippen LogP contribution < -0.4 is 9.46 Å². The zero-order chi connectivity index (χ0) is 14.5. The second-order valence-corrected chi connectivity index (χ2v) is 5.96. The number of aliphatic hydroxyl groups is 1. The summed E-state index contributed by atoms with van der Waals surface area (Å²) in [5.74, 6) is 0.675. The van der Waals surface area contributed by atoms with E-state index in [4.69, 9.17) is 9.84 Å². The van der Waals surface area contributed by atoms with E-state index in [2.05, 4.69) is 4.72 Å². The molecule has 0 fully saturated rings. The van der Waals surface area contributed by atoms with Crippen LogP contribution in [0.25, 0.3) is 0 Å². The lowest BCUT2D eigenvalue weighted by Crippen LogP contribution is -2.33. The van der Waals surface area contributed by atoms with Gasteiger partial charge in [0.2, 0.25) is 0 Å². The van der Waals surface area contributed by atoms with Crippen LogP contribution in [0.15, 0.2) is 18.2 Å². The van der Waals surface area contributed by atoms with Crippen molar-refractivity contribution in [2.75, 3.05) is 32.0 Å². The Labute approximate surface area is 114 Å². The van der Waals surface area contributed by atoms with Crippen molar-refractivity contribution in [3.05, 3.63) is 23.8 Å². The van der Waals surface area contributed by atoms with Gasteiger partial charge in [0.25, 0.3) is 0 Å². The number of hydrogen-bond acceptors (Lipinski definition) is 4. The maximum Gasteiger partial charge on any atom is 0.301 e. The summed E-state index contributed by atoms with van der Waals surface area (Å²) in [5, 5.41) is 8.72. The van der Waals surface area contributed by atoms with Crippen LogP contribution in [0, 0.1) is 6.92 Å². The predicted octanol–water partition coefficient (Wildman–Crippen LogP) is 0.975. The van der Waals surface area contributed by atoms with Crippen molar-refractivity contribution < 1.29 is 18.3 Å². The molecule has 2 N–H and O–H groups in total. The number of nitrogens with zero attached hydrogens (tertiary/aromatic N) is 1. The molecule has 0 heterocycles. The molecule has 7 heteroatoms. The summed E-state index contributed by atoms with van der Waals surface area (Å²) in [7, 11) is -0.570. The van der Waals surface area contributed by atoms with Crippen molar-refractivity contribution in [2.24, 2.45) is 0 Å². The number of hydrogen-bond donors (Lipinski definition) is 2. The highest BCUT2D eigenvalue weighted by Gasteiger charge is 2.17. The van der Waals surface area contributed by atoms with E-state index in [0.29, 0.717) is 17.9 Å². The van der Waals surface area contributed by atoms with Crippen molar-refractivity contribution in [2.45, 2.75) is 13.3 Å². The van der Waals surface area contributed by atoms with Gasteiger partial charge >= 0.3 is 10.2 Å². The highest BCUT2D eigenvalue weighted by molar-refractivity contribution is 7.90. The molecule has 1 aromatic rings. The van der Waals surface area contributed by atoms with E-state index in [0.717, 1.165) is 5.56 Å². The smallest absolute Gasteiger partial charge is 0.301 e. The third-order valence-corrected chi connectivity index (χ3v) is 4.20. The van der Waals surface area contributed by atoms with Gasteiger partial charge in [-0.3, -0.25) is 4.72 Å². The number of aliphatic hydroxyl groups excluding tert-OH is 1. The van der Waals surface area contributed by atoms with Crippen LogP contribution in [-0.2, 0) is 10.2 Å². The molecule has 0 saturated heterocycles. The van der Waals surface area contributed by atoms with Crippen LogP contribution in [-0.4, -0.2) is 45.1 Å². The molecule has 0 bridgehead atoms. The summed E-state index contributed by atoms with van der Waals surface area (Å²) in [5.41, 5.74) is 1.29. The molecule has 0 radical (unpaired) electrons. The number of aryl methyl sites for hydroxylation is 1. The molecule has 1 rings (SSSR count). The standard InChI is InChI=1S/C12H20N2O4S/c1-10-9-11(18-3)5-6-12(10)13-19(16,17)14(2)7-4-8-15/h5-6,9,13,15H,4,7-8H2,1-3H3. The molecule has 0 spiro atoms. The molecule has 0 atom stereocenters. The van der Waals surface area contributed by atoms with E-state index in [1.807, 2.05) is 0 Å². The van der Waals surface area contributed by atoms with Gasteiger partial charge in [-0.2, -0.15) is 12.7 Å². The lowest BCUT2D eigenvalue weighted by atomic mass is 10.2. The number of anilines is 1. The molecule has 0 saturated carbocycles. The second kappa shape index (κ2) is 6.74. The summed E-state index contributed by atoms with van der Waals surface area (Å²) in [6.45, 7) is 2.02. The van der Waals surface area contributed by atoms with Crippen molar-refractivity contribution in [1.29, 1.82) is 0 Å². The van der Waals surface area contributed by atoms with Crippen LogP contribution in [0.2, 0.25) is 0 Å². The number of benzene rings is 1. The Kier molecular flexibility index (Phi) is 5.59.